The molecule has 0 saturated heterocycles. The molecule has 0 spiro atoms. The molecule has 1 heterocycles. The quantitative estimate of drug-likeness (QED) is 0.500. The number of nitrogens with zero attached hydrogens (tertiary/aromatic N) is 3. The van der Waals surface area contributed by atoms with Crippen LogP contribution in [0.4, 0.5) is 0 Å². The number of aliphatic imine (C=N–C) groups is 2. The number of primary amides is 1. The van der Waals surface area contributed by atoms with Gasteiger partial charge in [-0.15, -0.1) is 0 Å². The van der Waals surface area contributed by atoms with E-state index in [4.69, 9.17) is 15.2 Å². The van der Waals surface area contributed by atoms with Crippen LogP contribution in [-0.4, -0.2) is 48.4 Å². The average molecular weight is 519 g/mol. The van der Waals surface area contributed by atoms with Crippen LogP contribution in [0.25, 0.3) is 0 Å². The fourth-order valence-electron chi connectivity index (χ4n) is 4.03. The molecule has 0 fully saturated rings. The van der Waals surface area contributed by atoms with Crippen molar-refractivity contribution in [2.45, 2.75) is 39.2 Å². The van der Waals surface area contributed by atoms with E-state index in [1.165, 1.54) is 0 Å². The number of nitriles is 1. The SMILES string of the molecule is C=C1/N=C(/C)CC(C(N)=O)C=C(CC2C=CC/C=C(/C#N)C=CC2OC)C(=C)/C(OCC)=N\C=C/1C(=O)O. The van der Waals surface area contributed by atoms with Crippen molar-refractivity contribution in [1.29, 1.82) is 5.26 Å². The number of hydrogen-bond donors (Lipinski definition) is 2. The predicted molar refractivity (Wildman–Crippen MR) is 147 cm³/mol. The van der Waals surface area contributed by atoms with Gasteiger partial charge in [0.2, 0.25) is 11.8 Å². The minimum Gasteiger partial charge on any atom is -0.478 e. The third-order valence-electron chi connectivity index (χ3n) is 5.99. The van der Waals surface area contributed by atoms with Crippen LogP contribution in [0.3, 0.4) is 0 Å². The van der Waals surface area contributed by atoms with Crippen molar-refractivity contribution < 1.29 is 24.2 Å². The molecule has 2 rings (SSSR count). The van der Waals surface area contributed by atoms with Crippen LogP contribution in [0.5, 0.6) is 0 Å². The van der Waals surface area contributed by atoms with Crippen LogP contribution in [0.1, 0.15) is 33.1 Å². The van der Waals surface area contributed by atoms with E-state index in [-0.39, 0.29) is 42.2 Å². The van der Waals surface area contributed by atoms with Crippen molar-refractivity contribution in [1.82, 2.24) is 0 Å². The van der Waals surface area contributed by atoms with E-state index < -0.39 is 17.8 Å². The summed E-state index contributed by atoms with van der Waals surface area (Å²) < 4.78 is 11.5. The Morgan fingerprint density at radius 2 is 2.05 bits per heavy atom. The zero-order valence-electron chi connectivity index (χ0n) is 22.0. The second-order valence-corrected chi connectivity index (χ2v) is 8.75. The third kappa shape index (κ3) is 8.39. The molecule has 0 bridgehead atoms. The van der Waals surface area contributed by atoms with Crippen molar-refractivity contribution in [2.24, 2.45) is 27.6 Å². The van der Waals surface area contributed by atoms with E-state index in [0.717, 1.165) is 6.20 Å². The molecule has 3 N–H and O–H groups in total. The summed E-state index contributed by atoms with van der Waals surface area (Å²) in [6.45, 7) is 11.6. The van der Waals surface area contributed by atoms with Crippen LogP contribution in [0, 0.1) is 23.2 Å². The molecule has 1 amide bonds. The number of amides is 1. The van der Waals surface area contributed by atoms with Crippen molar-refractivity contribution in [2.75, 3.05) is 13.7 Å². The van der Waals surface area contributed by atoms with Gasteiger partial charge in [-0.2, -0.15) is 5.26 Å². The Labute approximate surface area is 223 Å². The highest BCUT2D eigenvalue weighted by molar-refractivity contribution is 6.00. The molecule has 2 aliphatic rings. The smallest absolute Gasteiger partial charge is 0.339 e. The van der Waals surface area contributed by atoms with E-state index in [9.17, 15) is 20.0 Å². The van der Waals surface area contributed by atoms with Crippen molar-refractivity contribution in [3.05, 3.63) is 83.8 Å². The lowest BCUT2D eigenvalue weighted by molar-refractivity contribution is -0.132. The Morgan fingerprint density at radius 1 is 1.32 bits per heavy atom. The van der Waals surface area contributed by atoms with Crippen LogP contribution < -0.4 is 5.73 Å². The second-order valence-electron chi connectivity index (χ2n) is 8.75. The first-order valence-electron chi connectivity index (χ1n) is 12.2. The monoisotopic (exact) mass is 518 g/mol. The number of allylic oxidation sites excluding steroid dienone is 4. The maximum atomic E-state index is 12.5. The molecular formula is C29H34N4O5. The number of rotatable bonds is 6. The highest BCUT2D eigenvalue weighted by Crippen LogP contribution is 2.29. The van der Waals surface area contributed by atoms with Gasteiger partial charge in [0.25, 0.3) is 0 Å². The molecule has 0 aromatic rings. The van der Waals surface area contributed by atoms with Gasteiger partial charge >= 0.3 is 5.97 Å². The fraction of sp³-hybridized carbons (Fsp3) is 0.345. The summed E-state index contributed by atoms with van der Waals surface area (Å²) in [5, 5.41) is 19.0. The van der Waals surface area contributed by atoms with E-state index in [0.29, 0.717) is 35.3 Å². The van der Waals surface area contributed by atoms with Crippen LogP contribution >= 0.6 is 0 Å². The molecule has 0 radical (unpaired) electrons. The number of carbonyl (C=O) groups excluding carboxylic acids is 1. The molecule has 0 saturated carbocycles. The second kappa shape index (κ2) is 14.4. The minimum absolute atomic E-state index is 0.0102. The zero-order valence-corrected chi connectivity index (χ0v) is 22.0. The summed E-state index contributed by atoms with van der Waals surface area (Å²) in [7, 11) is 1.58. The molecule has 1 aliphatic carbocycles. The number of methoxy groups -OCH3 is 1. The number of carboxylic acids is 1. The number of carboxylic acid groups (broad SMARTS) is 1. The lowest BCUT2D eigenvalue weighted by Crippen LogP contribution is -2.26. The molecule has 9 nitrogen and oxygen atoms in total. The number of ether oxygens (including phenoxy) is 2. The largest absolute Gasteiger partial charge is 0.478 e. The number of hydrogen-bond acceptors (Lipinski definition) is 7. The van der Waals surface area contributed by atoms with E-state index in [2.05, 4.69) is 29.2 Å². The Kier molecular flexibility index (Phi) is 11.4. The van der Waals surface area contributed by atoms with E-state index >= 15 is 0 Å². The molecule has 9 heteroatoms. The zero-order chi connectivity index (χ0) is 28.2. The molecule has 0 aromatic carbocycles. The minimum atomic E-state index is -1.26. The molecule has 3 unspecified atom stereocenters. The first kappa shape index (κ1) is 29.9. The number of nitrogens with two attached hydrogens (primary N) is 1. The maximum absolute atomic E-state index is 12.5. The molecule has 1 aliphatic heterocycles. The number of aliphatic carboxylic acids is 1. The predicted octanol–water partition coefficient (Wildman–Crippen LogP) is 4.34. The Morgan fingerprint density at radius 3 is 2.66 bits per heavy atom. The topological polar surface area (TPSA) is 147 Å². The molecular weight excluding hydrogens is 484 g/mol. The van der Waals surface area contributed by atoms with E-state index in [1.807, 2.05) is 24.3 Å². The van der Waals surface area contributed by atoms with Gasteiger partial charge < -0.3 is 20.3 Å². The summed E-state index contributed by atoms with van der Waals surface area (Å²) in [4.78, 5) is 32.9. The summed E-state index contributed by atoms with van der Waals surface area (Å²) in [6, 6.07) is 2.15. The van der Waals surface area contributed by atoms with Gasteiger partial charge in [0.15, 0.2) is 0 Å². The first-order chi connectivity index (χ1) is 18.1. The normalized spacial score (nSPS) is 28.5. The van der Waals surface area contributed by atoms with Gasteiger partial charge in [0.05, 0.1) is 30.4 Å². The highest BCUT2D eigenvalue weighted by atomic mass is 16.5. The summed E-state index contributed by atoms with van der Waals surface area (Å²) in [5.41, 5.74) is 7.56. The maximum Gasteiger partial charge on any atom is 0.339 e. The summed E-state index contributed by atoms with van der Waals surface area (Å²) in [6.07, 6.45) is 12.9. The van der Waals surface area contributed by atoms with Crippen LogP contribution in [0.2, 0.25) is 0 Å². The van der Waals surface area contributed by atoms with Crippen molar-refractivity contribution >= 4 is 23.5 Å². The molecule has 3 atom stereocenters. The average Bonchev–Trinajstić information content (AvgIpc) is 2.96. The van der Waals surface area contributed by atoms with Gasteiger partial charge in [-0.3, -0.25) is 9.79 Å². The van der Waals surface area contributed by atoms with E-state index in [1.54, 1.807) is 33.1 Å². The fourth-order valence-corrected chi connectivity index (χ4v) is 4.03. The van der Waals surface area contributed by atoms with Gasteiger partial charge in [0, 0.05) is 42.5 Å². The third-order valence-corrected chi connectivity index (χ3v) is 5.99. The van der Waals surface area contributed by atoms with Crippen LogP contribution in [0.15, 0.2) is 93.8 Å². The van der Waals surface area contributed by atoms with Gasteiger partial charge in [-0.25, -0.2) is 9.79 Å². The van der Waals surface area contributed by atoms with Crippen LogP contribution in [-0.2, 0) is 19.1 Å². The molecule has 38 heavy (non-hydrogen) atoms. The Hall–Kier alpha value is -4.29. The Bertz CT molecular complexity index is 1220. The lowest BCUT2D eigenvalue weighted by atomic mass is 9.86. The lowest BCUT2D eigenvalue weighted by Gasteiger charge is -2.24. The summed E-state index contributed by atoms with van der Waals surface area (Å²) in [5.74, 6) is -2.70. The van der Waals surface area contributed by atoms with Crippen molar-refractivity contribution in [3.63, 3.8) is 0 Å². The van der Waals surface area contributed by atoms with Crippen molar-refractivity contribution in [3.8, 4) is 6.07 Å². The molecule has 200 valence electrons. The van der Waals surface area contributed by atoms with Gasteiger partial charge in [-0.05, 0) is 38.3 Å². The molecule has 0 aromatic heterocycles. The first-order valence-corrected chi connectivity index (χ1v) is 12.2. The Balaban J connectivity index is 2.68. The standard InChI is InChI=1S/C29H34N4O5/c1-6-38-28-19(3)23(14-22-10-8-7-9-21(16-30)11-12-26(22)37-5)15-24(27(31)34)13-18(2)33-20(4)25(17-32-28)29(35)36/h8-12,15,17,22,24,26H,3-4,6-7,13-14H2,1-2,5H3,(H2,31,34)(H,35,36)/b10-8?,12-11?,21-9+,23-15?,25-17+,32-28+,33-18-. The summed E-state index contributed by atoms with van der Waals surface area (Å²) >= 11 is 0. The van der Waals surface area contributed by atoms with Gasteiger partial charge in [-0.1, -0.05) is 43.5 Å². The van der Waals surface area contributed by atoms with Gasteiger partial charge in [0.1, 0.15) is 5.57 Å². The number of carbonyl (C=O) groups is 2. The highest BCUT2D eigenvalue weighted by Gasteiger charge is 2.25.